The molecule has 0 bridgehead atoms. The molecule has 0 radical (unpaired) electrons. The van der Waals surface area contributed by atoms with Crippen LogP contribution >= 0.6 is 0 Å². The molecule has 0 spiro atoms. The Bertz CT molecular complexity index is 1200. The predicted molar refractivity (Wildman–Crippen MR) is 123 cm³/mol. The number of fused-ring (bicyclic) bond motifs is 1. The van der Waals surface area contributed by atoms with Crippen molar-refractivity contribution < 1.29 is 9.13 Å². The van der Waals surface area contributed by atoms with E-state index in [9.17, 15) is 4.39 Å². The zero-order valence-electron chi connectivity index (χ0n) is 18.0. The molecule has 0 aliphatic carbocycles. The number of nitrogens with two attached hydrogens (primary N) is 2. The van der Waals surface area contributed by atoms with E-state index in [4.69, 9.17) is 16.2 Å². The smallest absolute Gasteiger partial charge is 0.158 e. The van der Waals surface area contributed by atoms with E-state index in [0.29, 0.717) is 60.3 Å². The van der Waals surface area contributed by atoms with Gasteiger partial charge in [0.25, 0.3) is 0 Å². The molecule has 1 aromatic carbocycles. The van der Waals surface area contributed by atoms with Gasteiger partial charge in [-0.1, -0.05) is 24.8 Å². The van der Waals surface area contributed by atoms with Gasteiger partial charge in [-0.25, -0.2) is 19.0 Å². The topological polar surface area (TPSA) is 108 Å². The first-order valence-electron chi connectivity index (χ1n) is 10.3. The van der Waals surface area contributed by atoms with Gasteiger partial charge in [-0.15, -0.1) is 0 Å². The van der Waals surface area contributed by atoms with Gasteiger partial charge in [-0.2, -0.15) is 5.10 Å². The van der Waals surface area contributed by atoms with E-state index in [1.807, 2.05) is 19.1 Å². The fourth-order valence-electron chi connectivity index (χ4n) is 3.84. The standard InChI is InChI=1S/C23H26FN7O/c1-15(28-16(2)21(22(25)26)30-10-12-32-13-11-30)20-18-7-5-9-27-23(18)31(29-20)14-17-6-3-4-8-19(17)24/h3-9H,1,10-14,25-26H2,2H3/b28-16-. The highest BCUT2D eigenvalue weighted by molar-refractivity contribution is 6.02. The summed E-state index contributed by atoms with van der Waals surface area (Å²) in [6.45, 7) is 8.76. The van der Waals surface area contributed by atoms with E-state index in [0.717, 1.165) is 5.39 Å². The van der Waals surface area contributed by atoms with Crippen LogP contribution < -0.4 is 11.5 Å². The summed E-state index contributed by atoms with van der Waals surface area (Å²) < 4.78 is 21.3. The Hall–Kier alpha value is -3.72. The summed E-state index contributed by atoms with van der Waals surface area (Å²) in [4.78, 5) is 11.2. The van der Waals surface area contributed by atoms with Crippen LogP contribution in [0.4, 0.5) is 4.39 Å². The highest BCUT2D eigenvalue weighted by Gasteiger charge is 2.20. The number of hydrogen-bond donors (Lipinski definition) is 2. The molecule has 1 aliphatic rings. The lowest BCUT2D eigenvalue weighted by molar-refractivity contribution is 0.0559. The molecule has 0 saturated carbocycles. The van der Waals surface area contributed by atoms with Gasteiger partial charge in [-0.3, -0.25) is 0 Å². The van der Waals surface area contributed by atoms with Gasteiger partial charge in [0.2, 0.25) is 0 Å². The molecule has 0 amide bonds. The van der Waals surface area contributed by atoms with E-state index in [-0.39, 0.29) is 18.2 Å². The Labute approximate surface area is 185 Å². The van der Waals surface area contributed by atoms with Gasteiger partial charge >= 0.3 is 0 Å². The average molecular weight is 436 g/mol. The summed E-state index contributed by atoms with van der Waals surface area (Å²) >= 11 is 0. The molecule has 2 aromatic heterocycles. The second-order valence-corrected chi connectivity index (χ2v) is 7.52. The lowest BCUT2D eigenvalue weighted by Gasteiger charge is -2.31. The first-order chi connectivity index (χ1) is 15.5. The van der Waals surface area contributed by atoms with Gasteiger partial charge in [0, 0.05) is 30.2 Å². The number of rotatable bonds is 6. The molecular weight excluding hydrogens is 409 g/mol. The van der Waals surface area contributed by atoms with Crippen molar-refractivity contribution in [1.82, 2.24) is 19.7 Å². The monoisotopic (exact) mass is 435 g/mol. The molecule has 9 heteroatoms. The Morgan fingerprint density at radius 1 is 1.19 bits per heavy atom. The van der Waals surface area contributed by atoms with Crippen molar-refractivity contribution in [2.75, 3.05) is 26.3 Å². The number of pyridine rings is 1. The minimum Gasteiger partial charge on any atom is -0.384 e. The number of allylic oxidation sites excluding steroid dienone is 1. The Balaban J connectivity index is 1.69. The summed E-state index contributed by atoms with van der Waals surface area (Å²) in [6, 6.07) is 10.3. The van der Waals surface area contributed by atoms with Crippen LogP contribution in [0.2, 0.25) is 0 Å². The van der Waals surface area contributed by atoms with Gasteiger partial charge in [0.1, 0.15) is 17.3 Å². The van der Waals surface area contributed by atoms with E-state index in [1.165, 1.54) is 6.07 Å². The lowest BCUT2D eigenvalue weighted by Crippen LogP contribution is -2.40. The quantitative estimate of drug-likeness (QED) is 0.576. The molecule has 166 valence electrons. The van der Waals surface area contributed by atoms with Crippen molar-refractivity contribution in [2.24, 2.45) is 16.5 Å². The molecule has 1 saturated heterocycles. The van der Waals surface area contributed by atoms with Gasteiger partial charge in [-0.05, 0) is 25.1 Å². The highest BCUT2D eigenvalue weighted by Crippen LogP contribution is 2.25. The van der Waals surface area contributed by atoms with Gasteiger partial charge in [0.05, 0.1) is 36.9 Å². The molecule has 1 fully saturated rings. The Morgan fingerprint density at radius 3 is 2.66 bits per heavy atom. The molecule has 32 heavy (non-hydrogen) atoms. The molecule has 4 N–H and O–H groups in total. The van der Waals surface area contributed by atoms with Crippen LogP contribution in [0.5, 0.6) is 0 Å². The first-order valence-corrected chi connectivity index (χ1v) is 10.3. The summed E-state index contributed by atoms with van der Waals surface area (Å²) in [5.74, 6) is -0.0995. The second-order valence-electron chi connectivity index (χ2n) is 7.52. The van der Waals surface area contributed by atoms with Crippen LogP contribution in [0.25, 0.3) is 16.7 Å². The van der Waals surface area contributed by atoms with Crippen LogP contribution in [0.15, 0.2) is 65.7 Å². The lowest BCUT2D eigenvalue weighted by atomic mass is 10.2. The minimum atomic E-state index is -0.292. The van der Waals surface area contributed by atoms with Gasteiger partial charge in [0.15, 0.2) is 5.65 Å². The van der Waals surface area contributed by atoms with Gasteiger partial charge < -0.3 is 21.1 Å². The number of aliphatic imine (C=N–C) groups is 1. The normalized spacial score (nSPS) is 14.6. The molecule has 3 heterocycles. The fourth-order valence-corrected chi connectivity index (χ4v) is 3.84. The van der Waals surface area contributed by atoms with E-state index < -0.39 is 0 Å². The van der Waals surface area contributed by atoms with Crippen molar-refractivity contribution in [1.29, 1.82) is 0 Å². The molecule has 0 atom stereocenters. The van der Waals surface area contributed by atoms with E-state index in [2.05, 4.69) is 26.6 Å². The SMILES string of the molecule is C=C(/N=C(/C)C(=C(N)N)N1CCOCC1)c1nn(Cc2ccccc2F)c2ncccc12. The number of nitrogens with zero attached hydrogens (tertiary/aromatic N) is 5. The fraction of sp³-hybridized carbons (Fsp3) is 0.261. The largest absolute Gasteiger partial charge is 0.384 e. The minimum absolute atomic E-state index is 0.192. The summed E-state index contributed by atoms with van der Waals surface area (Å²) in [5.41, 5.74) is 15.4. The maximum atomic E-state index is 14.2. The number of ether oxygens (including phenoxy) is 1. The van der Waals surface area contributed by atoms with Crippen LogP contribution in [0, 0.1) is 5.82 Å². The zero-order valence-corrected chi connectivity index (χ0v) is 18.0. The zero-order chi connectivity index (χ0) is 22.7. The number of hydrogen-bond acceptors (Lipinski definition) is 7. The Kier molecular flexibility index (Phi) is 6.18. The molecular formula is C23H26FN7O. The van der Waals surface area contributed by atoms with Crippen molar-refractivity contribution >= 4 is 22.4 Å². The maximum absolute atomic E-state index is 14.2. The second kappa shape index (κ2) is 9.19. The van der Waals surface area contributed by atoms with Crippen LogP contribution in [0.1, 0.15) is 18.2 Å². The van der Waals surface area contributed by atoms with Crippen LogP contribution in [0.3, 0.4) is 0 Å². The third kappa shape index (κ3) is 4.33. The van der Waals surface area contributed by atoms with Crippen molar-refractivity contribution in [3.63, 3.8) is 0 Å². The number of morpholine rings is 1. The number of benzene rings is 1. The highest BCUT2D eigenvalue weighted by atomic mass is 19.1. The summed E-state index contributed by atoms with van der Waals surface area (Å²) in [7, 11) is 0. The predicted octanol–water partition coefficient (Wildman–Crippen LogP) is 2.47. The van der Waals surface area contributed by atoms with E-state index in [1.54, 1.807) is 29.1 Å². The van der Waals surface area contributed by atoms with Crippen LogP contribution in [-0.4, -0.2) is 51.7 Å². The molecule has 1 aliphatic heterocycles. The summed E-state index contributed by atoms with van der Waals surface area (Å²) in [6.07, 6.45) is 1.68. The Morgan fingerprint density at radius 2 is 1.94 bits per heavy atom. The third-order valence-corrected chi connectivity index (χ3v) is 5.30. The molecule has 0 unspecified atom stereocenters. The number of aromatic nitrogens is 3. The van der Waals surface area contributed by atoms with E-state index >= 15 is 0 Å². The average Bonchev–Trinajstić information content (AvgIpc) is 3.15. The third-order valence-electron chi connectivity index (χ3n) is 5.30. The number of halogens is 1. The first kappa shape index (κ1) is 21.5. The van der Waals surface area contributed by atoms with Crippen molar-refractivity contribution in [3.05, 3.63) is 77.8 Å². The van der Waals surface area contributed by atoms with Crippen molar-refractivity contribution in [2.45, 2.75) is 13.5 Å². The molecule has 3 aromatic rings. The van der Waals surface area contributed by atoms with Crippen LogP contribution in [-0.2, 0) is 11.3 Å². The molecule has 4 rings (SSSR count). The summed E-state index contributed by atoms with van der Waals surface area (Å²) in [5, 5.41) is 5.44. The molecule has 8 nitrogen and oxygen atoms in total. The maximum Gasteiger partial charge on any atom is 0.158 e. The van der Waals surface area contributed by atoms with Crippen molar-refractivity contribution in [3.8, 4) is 0 Å².